The Morgan fingerprint density at radius 2 is 1.94 bits per heavy atom. The van der Waals surface area contributed by atoms with Crippen LogP contribution in [0.2, 0.25) is 5.15 Å². The van der Waals surface area contributed by atoms with Gasteiger partial charge in [-0.15, -0.1) is 0 Å². The molecular weight excluding hydrogens is 308 g/mol. The van der Waals surface area contributed by atoms with Gasteiger partial charge in [0.2, 0.25) is 0 Å². The van der Waals surface area contributed by atoms with Gasteiger partial charge in [0, 0.05) is 9.86 Å². The van der Waals surface area contributed by atoms with E-state index in [1.807, 2.05) is 38.3 Å². The summed E-state index contributed by atoms with van der Waals surface area (Å²) >= 11 is 10.9. The number of fused-ring (bicyclic) bond motifs is 1. The quantitative estimate of drug-likeness (QED) is 0.429. The summed E-state index contributed by atoms with van der Waals surface area (Å²) in [6.45, 7) is 4.00. The Labute approximate surface area is 113 Å². The first-order chi connectivity index (χ1) is 7.70. The lowest BCUT2D eigenvalue weighted by atomic mass is 10.2. The molecule has 1 aromatic heterocycles. The summed E-state index contributed by atoms with van der Waals surface area (Å²) in [6.07, 6.45) is 1.93. The molecule has 0 saturated heterocycles. The molecule has 0 aliphatic heterocycles. The highest BCUT2D eigenvalue weighted by molar-refractivity contribution is 9.10. The van der Waals surface area contributed by atoms with Gasteiger partial charge in [-0.3, -0.25) is 0 Å². The standard InChI is InChI=1S/C9H6BrClN2S.C2H6/c1-14-9-12-7-3-2-5(10)4-6(7)8(11)13-9;1-2/h2-4H,1H3;1-2H3. The van der Waals surface area contributed by atoms with Crippen molar-refractivity contribution in [3.05, 3.63) is 27.8 Å². The van der Waals surface area contributed by atoms with Crippen LogP contribution in [0.4, 0.5) is 0 Å². The monoisotopic (exact) mass is 318 g/mol. The predicted octanol–water partition coefficient (Wildman–Crippen LogP) is 4.79. The molecule has 2 nitrogen and oxygen atoms in total. The Kier molecular flexibility index (Phi) is 5.52. The minimum absolute atomic E-state index is 0.501. The molecule has 0 saturated carbocycles. The topological polar surface area (TPSA) is 25.8 Å². The Balaban J connectivity index is 0.000000606. The van der Waals surface area contributed by atoms with E-state index in [9.17, 15) is 0 Å². The van der Waals surface area contributed by atoms with Crippen LogP contribution in [0, 0.1) is 0 Å². The lowest BCUT2D eigenvalue weighted by Crippen LogP contribution is -1.88. The third-order valence-electron chi connectivity index (χ3n) is 1.77. The number of aromatic nitrogens is 2. The Bertz CT molecular complexity index is 491. The number of halogens is 2. The zero-order valence-corrected chi connectivity index (χ0v) is 12.4. The van der Waals surface area contributed by atoms with E-state index in [2.05, 4.69) is 25.9 Å². The van der Waals surface area contributed by atoms with Gasteiger partial charge in [0.1, 0.15) is 5.15 Å². The number of rotatable bonds is 1. The summed E-state index contributed by atoms with van der Waals surface area (Å²) in [5, 5.41) is 2.07. The van der Waals surface area contributed by atoms with E-state index in [-0.39, 0.29) is 0 Å². The molecule has 16 heavy (non-hydrogen) atoms. The van der Waals surface area contributed by atoms with E-state index >= 15 is 0 Å². The number of hydrogen-bond acceptors (Lipinski definition) is 3. The second-order valence-corrected chi connectivity index (χ2v) is 4.71. The fourth-order valence-corrected chi connectivity index (χ4v) is 2.15. The third kappa shape index (κ3) is 3.09. The van der Waals surface area contributed by atoms with E-state index in [0.717, 1.165) is 15.4 Å². The summed E-state index contributed by atoms with van der Waals surface area (Å²) in [6, 6.07) is 5.78. The van der Waals surface area contributed by atoms with E-state index in [0.29, 0.717) is 10.3 Å². The van der Waals surface area contributed by atoms with Gasteiger partial charge >= 0.3 is 0 Å². The molecule has 0 amide bonds. The molecule has 0 atom stereocenters. The molecule has 2 aromatic rings. The zero-order chi connectivity index (χ0) is 12.1. The summed E-state index contributed by atoms with van der Waals surface area (Å²) in [5.74, 6) is 0. The smallest absolute Gasteiger partial charge is 0.189 e. The van der Waals surface area contributed by atoms with Crippen LogP contribution in [-0.2, 0) is 0 Å². The molecule has 5 heteroatoms. The molecule has 2 rings (SSSR count). The average molecular weight is 320 g/mol. The first-order valence-corrected chi connectivity index (χ1v) is 7.27. The lowest BCUT2D eigenvalue weighted by Gasteiger charge is -2.02. The molecule has 0 N–H and O–H groups in total. The maximum atomic E-state index is 6.03. The summed E-state index contributed by atoms with van der Waals surface area (Å²) in [7, 11) is 0. The van der Waals surface area contributed by atoms with Crippen LogP contribution in [-0.4, -0.2) is 16.2 Å². The molecule has 0 fully saturated rings. The summed E-state index contributed by atoms with van der Waals surface area (Å²) in [4.78, 5) is 8.50. The maximum absolute atomic E-state index is 6.03. The number of nitrogens with zero attached hydrogens (tertiary/aromatic N) is 2. The van der Waals surface area contributed by atoms with E-state index in [4.69, 9.17) is 11.6 Å². The average Bonchev–Trinajstić information content (AvgIpc) is 2.32. The van der Waals surface area contributed by atoms with Crippen molar-refractivity contribution in [3.8, 4) is 0 Å². The van der Waals surface area contributed by atoms with Crippen molar-refractivity contribution in [2.24, 2.45) is 0 Å². The molecule has 0 spiro atoms. The van der Waals surface area contributed by atoms with Gasteiger partial charge in [0.25, 0.3) is 0 Å². The molecule has 0 bridgehead atoms. The lowest BCUT2D eigenvalue weighted by molar-refractivity contribution is 1.01. The second kappa shape index (κ2) is 6.42. The zero-order valence-electron chi connectivity index (χ0n) is 9.29. The third-order valence-corrected chi connectivity index (χ3v) is 3.10. The van der Waals surface area contributed by atoms with Crippen molar-refractivity contribution >= 4 is 50.2 Å². The molecule has 0 unspecified atom stereocenters. The normalized spacial score (nSPS) is 9.81. The van der Waals surface area contributed by atoms with Crippen LogP contribution in [0.3, 0.4) is 0 Å². The van der Waals surface area contributed by atoms with E-state index < -0.39 is 0 Å². The number of hydrogen-bond donors (Lipinski definition) is 0. The van der Waals surface area contributed by atoms with Gasteiger partial charge < -0.3 is 0 Å². The molecular formula is C11H12BrClN2S. The van der Waals surface area contributed by atoms with Gasteiger partial charge in [-0.2, -0.15) is 0 Å². The molecule has 1 heterocycles. The first-order valence-electron chi connectivity index (χ1n) is 4.87. The Hall–Kier alpha value is -0.320. The number of benzene rings is 1. The van der Waals surface area contributed by atoms with Gasteiger partial charge in [-0.05, 0) is 24.5 Å². The second-order valence-electron chi connectivity index (χ2n) is 2.66. The Morgan fingerprint density at radius 1 is 1.25 bits per heavy atom. The van der Waals surface area contributed by atoms with Crippen LogP contribution in [0.25, 0.3) is 10.9 Å². The van der Waals surface area contributed by atoms with E-state index in [1.54, 1.807) is 0 Å². The van der Waals surface area contributed by atoms with Crippen molar-refractivity contribution < 1.29 is 0 Å². The summed E-state index contributed by atoms with van der Waals surface area (Å²) < 4.78 is 0.979. The number of thioether (sulfide) groups is 1. The predicted molar refractivity (Wildman–Crippen MR) is 75.4 cm³/mol. The fraction of sp³-hybridized carbons (Fsp3) is 0.273. The molecule has 1 aromatic carbocycles. The van der Waals surface area contributed by atoms with Crippen LogP contribution in [0.5, 0.6) is 0 Å². The van der Waals surface area contributed by atoms with Crippen LogP contribution in [0.15, 0.2) is 27.8 Å². The highest BCUT2D eigenvalue weighted by Crippen LogP contribution is 2.25. The largest absolute Gasteiger partial charge is 0.222 e. The molecule has 0 aliphatic rings. The van der Waals surface area contributed by atoms with Crippen molar-refractivity contribution in [2.75, 3.05) is 6.26 Å². The van der Waals surface area contributed by atoms with Gasteiger partial charge in [0.15, 0.2) is 5.16 Å². The fourth-order valence-electron chi connectivity index (χ4n) is 1.13. The van der Waals surface area contributed by atoms with Crippen LogP contribution < -0.4 is 0 Å². The molecule has 86 valence electrons. The Morgan fingerprint density at radius 3 is 2.56 bits per heavy atom. The van der Waals surface area contributed by atoms with Crippen molar-refractivity contribution in [3.63, 3.8) is 0 Å². The minimum Gasteiger partial charge on any atom is -0.222 e. The van der Waals surface area contributed by atoms with Crippen LogP contribution >= 0.6 is 39.3 Å². The van der Waals surface area contributed by atoms with Gasteiger partial charge in [-0.1, -0.05) is 53.1 Å². The van der Waals surface area contributed by atoms with Gasteiger partial charge in [-0.25, -0.2) is 9.97 Å². The van der Waals surface area contributed by atoms with E-state index in [1.165, 1.54) is 11.8 Å². The van der Waals surface area contributed by atoms with Crippen LogP contribution in [0.1, 0.15) is 13.8 Å². The highest BCUT2D eigenvalue weighted by atomic mass is 79.9. The maximum Gasteiger partial charge on any atom is 0.189 e. The van der Waals surface area contributed by atoms with Crippen molar-refractivity contribution in [1.29, 1.82) is 0 Å². The summed E-state index contributed by atoms with van der Waals surface area (Å²) in [5.41, 5.74) is 0.873. The first kappa shape index (κ1) is 13.7. The van der Waals surface area contributed by atoms with Crippen molar-refractivity contribution in [1.82, 2.24) is 9.97 Å². The SMILES string of the molecule is CC.CSc1nc(Cl)c2cc(Br)ccc2n1. The molecule has 0 aliphatic carbocycles. The minimum atomic E-state index is 0.501. The van der Waals surface area contributed by atoms with Gasteiger partial charge in [0.05, 0.1) is 5.52 Å². The van der Waals surface area contributed by atoms with Crippen molar-refractivity contribution in [2.45, 2.75) is 19.0 Å². The molecule has 0 radical (unpaired) electrons. The highest BCUT2D eigenvalue weighted by Gasteiger charge is 2.05.